The van der Waals surface area contributed by atoms with Gasteiger partial charge in [-0.25, -0.2) is 0 Å². The summed E-state index contributed by atoms with van der Waals surface area (Å²) in [7, 11) is 4.20. The van der Waals surface area contributed by atoms with Crippen molar-refractivity contribution in [1.82, 2.24) is 10.2 Å². The van der Waals surface area contributed by atoms with Gasteiger partial charge in [0.1, 0.15) is 0 Å². The van der Waals surface area contributed by atoms with Crippen LogP contribution in [0.3, 0.4) is 0 Å². The van der Waals surface area contributed by atoms with Crippen LogP contribution in [0.25, 0.3) is 0 Å². The Hall–Kier alpha value is 0.210. The first-order valence-electron chi connectivity index (χ1n) is 5.19. The minimum absolute atomic E-state index is 0.814. The maximum atomic E-state index is 5.58. The van der Waals surface area contributed by atoms with Crippen LogP contribution in [-0.2, 0) is 0 Å². The summed E-state index contributed by atoms with van der Waals surface area (Å²) in [5, 5.41) is 3.42. The van der Waals surface area contributed by atoms with Gasteiger partial charge < -0.3 is 10.2 Å². The van der Waals surface area contributed by atoms with Gasteiger partial charge in [-0.05, 0) is 33.5 Å². The highest BCUT2D eigenvalue weighted by Gasteiger charge is 1.91. The molecule has 0 aliphatic carbocycles. The minimum Gasteiger partial charge on any atom is -0.315 e. The van der Waals surface area contributed by atoms with Gasteiger partial charge in [-0.1, -0.05) is 12.8 Å². The molecule has 0 amide bonds. The number of alkyl halides is 1. The number of halogens is 1. The van der Waals surface area contributed by atoms with Crippen LogP contribution in [-0.4, -0.2) is 44.5 Å². The lowest BCUT2D eigenvalue weighted by Crippen LogP contribution is -2.27. The van der Waals surface area contributed by atoms with Gasteiger partial charge >= 0.3 is 0 Å². The fourth-order valence-corrected chi connectivity index (χ4v) is 1.31. The van der Waals surface area contributed by atoms with E-state index in [0.29, 0.717) is 0 Å². The molecule has 0 spiro atoms. The fraction of sp³-hybridized carbons (Fsp3) is 1.00. The first-order chi connectivity index (χ1) is 6.27. The summed E-state index contributed by atoms with van der Waals surface area (Å²) in [6.07, 6.45) is 5.03. The zero-order valence-electron chi connectivity index (χ0n) is 8.98. The summed E-state index contributed by atoms with van der Waals surface area (Å²) in [5.74, 6) is 0.814. The molecule has 0 aromatic carbocycles. The van der Waals surface area contributed by atoms with E-state index in [0.717, 1.165) is 25.5 Å². The average Bonchev–Trinajstić information content (AvgIpc) is 2.09. The molecule has 0 rings (SSSR count). The molecule has 2 nitrogen and oxygen atoms in total. The van der Waals surface area contributed by atoms with Crippen LogP contribution < -0.4 is 5.32 Å². The molecule has 13 heavy (non-hydrogen) atoms. The third-order valence-corrected chi connectivity index (χ3v) is 2.24. The van der Waals surface area contributed by atoms with Crippen molar-refractivity contribution in [3.63, 3.8) is 0 Å². The molecule has 0 aromatic heterocycles. The van der Waals surface area contributed by atoms with Gasteiger partial charge in [-0.15, -0.1) is 11.6 Å². The fourth-order valence-electron chi connectivity index (χ4n) is 1.13. The van der Waals surface area contributed by atoms with Crippen LogP contribution >= 0.6 is 11.6 Å². The Morgan fingerprint density at radius 3 is 2.31 bits per heavy atom. The summed E-state index contributed by atoms with van der Waals surface area (Å²) in [6, 6.07) is 0. The predicted octanol–water partition coefficient (Wildman–Crippen LogP) is 1.94. The zero-order chi connectivity index (χ0) is 9.94. The molecular formula is C10H23ClN2. The molecule has 0 saturated heterocycles. The molecule has 1 N–H and O–H groups in total. The summed E-state index contributed by atoms with van der Waals surface area (Å²) in [4.78, 5) is 2.19. The summed E-state index contributed by atoms with van der Waals surface area (Å²) < 4.78 is 0. The quantitative estimate of drug-likeness (QED) is 0.458. The van der Waals surface area contributed by atoms with E-state index in [1.165, 1.54) is 25.7 Å². The Labute approximate surface area is 87.6 Å². The van der Waals surface area contributed by atoms with Crippen molar-refractivity contribution in [2.24, 2.45) is 0 Å². The van der Waals surface area contributed by atoms with Crippen LogP contribution in [0.5, 0.6) is 0 Å². The smallest absolute Gasteiger partial charge is 0.0223 e. The number of hydrogen-bond acceptors (Lipinski definition) is 2. The highest BCUT2D eigenvalue weighted by atomic mass is 35.5. The lowest BCUT2D eigenvalue weighted by Gasteiger charge is -2.09. The topological polar surface area (TPSA) is 15.3 Å². The third kappa shape index (κ3) is 12.2. The van der Waals surface area contributed by atoms with Crippen molar-refractivity contribution in [1.29, 1.82) is 0 Å². The Balaban J connectivity index is 2.84. The van der Waals surface area contributed by atoms with Gasteiger partial charge in [0.05, 0.1) is 0 Å². The average molecular weight is 207 g/mol. The van der Waals surface area contributed by atoms with Gasteiger partial charge in [-0.3, -0.25) is 0 Å². The van der Waals surface area contributed by atoms with Gasteiger partial charge in [0.25, 0.3) is 0 Å². The Morgan fingerprint density at radius 2 is 1.69 bits per heavy atom. The Morgan fingerprint density at radius 1 is 1.00 bits per heavy atom. The van der Waals surface area contributed by atoms with Crippen LogP contribution in [0.1, 0.15) is 25.7 Å². The lowest BCUT2D eigenvalue weighted by molar-refractivity contribution is 0.399. The van der Waals surface area contributed by atoms with E-state index in [-0.39, 0.29) is 0 Å². The van der Waals surface area contributed by atoms with Gasteiger partial charge in [-0.2, -0.15) is 0 Å². The highest BCUT2D eigenvalue weighted by molar-refractivity contribution is 6.17. The Kier molecular flexibility index (Phi) is 10.5. The normalized spacial score (nSPS) is 11.1. The molecule has 0 aromatic rings. The molecule has 0 heterocycles. The number of hydrogen-bond donors (Lipinski definition) is 1. The molecule has 0 radical (unpaired) electrons. The van der Waals surface area contributed by atoms with Crippen molar-refractivity contribution in [3.05, 3.63) is 0 Å². The maximum absolute atomic E-state index is 5.58. The SMILES string of the molecule is CN(C)CCNCCCCCCCl. The molecule has 0 fully saturated rings. The monoisotopic (exact) mass is 206 g/mol. The van der Waals surface area contributed by atoms with E-state index in [4.69, 9.17) is 11.6 Å². The number of likely N-dealkylation sites (N-methyl/N-ethyl adjacent to an activating group) is 1. The summed E-state index contributed by atoms with van der Waals surface area (Å²) >= 11 is 5.58. The second kappa shape index (κ2) is 10.3. The first kappa shape index (κ1) is 13.2. The van der Waals surface area contributed by atoms with Crippen molar-refractivity contribution in [2.75, 3.05) is 39.6 Å². The van der Waals surface area contributed by atoms with Gasteiger partial charge in [0, 0.05) is 19.0 Å². The van der Waals surface area contributed by atoms with Crippen molar-refractivity contribution in [2.45, 2.75) is 25.7 Å². The standard InChI is InChI=1S/C10H23ClN2/c1-13(2)10-9-12-8-6-4-3-5-7-11/h12H,3-10H2,1-2H3. The first-order valence-corrected chi connectivity index (χ1v) is 5.72. The second-order valence-electron chi connectivity index (χ2n) is 3.66. The second-order valence-corrected chi connectivity index (χ2v) is 4.03. The van der Waals surface area contributed by atoms with Crippen molar-refractivity contribution < 1.29 is 0 Å². The summed E-state index contributed by atoms with van der Waals surface area (Å²) in [5.41, 5.74) is 0. The van der Waals surface area contributed by atoms with Crippen molar-refractivity contribution >= 4 is 11.6 Å². The van der Waals surface area contributed by atoms with Crippen LogP contribution in [0.15, 0.2) is 0 Å². The minimum atomic E-state index is 0.814. The van der Waals surface area contributed by atoms with E-state index in [1.54, 1.807) is 0 Å². The van der Waals surface area contributed by atoms with Gasteiger partial charge in [0.15, 0.2) is 0 Å². The zero-order valence-corrected chi connectivity index (χ0v) is 9.74. The molecular weight excluding hydrogens is 184 g/mol. The number of unbranched alkanes of at least 4 members (excludes halogenated alkanes) is 3. The van der Waals surface area contributed by atoms with E-state index in [9.17, 15) is 0 Å². The molecule has 0 atom stereocenters. The Bertz CT molecular complexity index is 96.9. The molecule has 0 bridgehead atoms. The summed E-state index contributed by atoms with van der Waals surface area (Å²) in [6.45, 7) is 3.38. The lowest BCUT2D eigenvalue weighted by atomic mass is 10.2. The van der Waals surface area contributed by atoms with E-state index >= 15 is 0 Å². The van der Waals surface area contributed by atoms with E-state index in [2.05, 4.69) is 24.3 Å². The van der Waals surface area contributed by atoms with Crippen LogP contribution in [0.2, 0.25) is 0 Å². The third-order valence-electron chi connectivity index (χ3n) is 1.97. The molecule has 0 saturated carbocycles. The molecule has 0 aliphatic rings. The number of rotatable bonds is 9. The van der Waals surface area contributed by atoms with Gasteiger partial charge in [0.2, 0.25) is 0 Å². The van der Waals surface area contributed by atoms with E-state index < -0.39 is 0 Å². The molecule has 0 unspecified atom stereocenters. The van der Waals surface area contributed by atoms with Crippen molar-refractivity contribution in [3.8, 4) is 0 Å². The highest BCUT2D eigenvalue weighted by Crippen LogP contribution is 1.99. The maximum Gasteiger partial charge on any atom is 0.0223 e. The number of nitrogens with zero attached hydrogens (tertiary/aromatic N) is 1. The van der Waals surface area contributed by atoms with E-state index in [1.807, 2.05) is 0 Å². The number of nitrogens with one attached hydrogen (secondary N) is 1. The largest absolute Gasteiger partial charge is 0.315 e. The molecule has 0 aliphatic heterocycles. The predicted molar refractivity (Wildman–Crippen MR) is 60.6 cm³/mol. The van der Waals surface area contributed by atoms with Crippen LogP contribution in [0.4, 0.5) is 0 Å². The molecule has 80 valence electrons. The molecule has 3 heteroatoms. The van der Waals surface area contributed by atoms with Crippen LogP contribution in [0, 0.1) is 0 Å².